The lowest BCUT2D eigenvalue weighted by molar-refractivity contribution is -0.597. The molecule has 0 atom stereocenters. The normalized spacial score (nSPS) is 12.7. The molecule has 6 nitrogen and oxygen atoms in total. The third-order valence-corrected chi connectivity index (χ3v) is 12.1. The van der Waals surface area contributed by atoms with Gasteiger partial charge in [0, 0.05) is 0 Å². The Kier molecular flexibility index (Phi) is 14.1. The van der Waals surface area contributed by atoms with Gasteiger partial charge in [0.2, 0.25) is 0 Å². The topological polar surface area (TPSA) is 112 Å². The van der Waals surface area contributed by atoms with Crippen LogP contribution in [0.5, 0.6) is 0 Å². The van der Waals surface area contributed by atoms with Gasteiger partial charge in [-0.3, -0.25) is 4.55 Å². The molecule has 1 N–H and O–H groups in total. The van der Waals surface area contributed by atoms with Gasteiger partial charge in [0.1, 0.15) is 10.1 Å². The van der Waals surface area contributed by atoms with Crippen molar-refractivity contribution >= 4 is 20.2 Å². The van der Waals surface area contributed by atoms with Gasteiger partial charge in [-0.1, -0.05) is 132 Å². The molecule has 4 rings (SSSR count). The van der Waals surface area contributed by atoms with Crippen LogP contribution in [0.4, 0.5) is 0 Å². The minimum atomic E-state index is -4.32. The van der Waals surface area contributed by atoms with Gasteiger partial charge in [-0.15, -0.1) is 0 Å². The maximum absolute atomic E-state index is 10.7. The summed E-state index contributed by atoms with van der Waals surface area (Å²) >= 11 is -0.0703. The van der Waals surface area contributed by atoms with Crippen LogP contribution in [-0.4, -0.2) is 25.9 Å². The molecule has 268 valence electrons. The number of benzene rings is 4. The number of halogens is 1. The van der Waals surface area contributed by atoms with E-state index in [0.29, 0.717) is 0 Å². The molecule has 0 saturated carbocycles. The lowest BCUT2D eigenvalue weighted by atomic mass is 9.87. The Balaban J connectivity index is 0.000000264. The second-order valence-electron chi connectivity index (χ2n) is 16.1. The van der Waals surface area contributed by atoms with E-state index in [0.717, 1.165) is 11.1 Å². The molecule has 0 radical (unpaired) electrons. The van der Waals surface area contributed by atoms with Gasteiger partial charge in [-0.2, -0.15) is 8.42 Å². The molecule has 49 heavy (non-hydrogen) atoms. The molecule has 0 aliphatic carbocycles. The molecule has 0 bridgehead atoms. The number of hydrogen-bond acceptors (Lipinski definition) is 5. The maximum Gasteiger partial charge on any atom is 0.357 e. The lowest BCUT2D eigenvalue weighted by Gasteiger charge is -2.19. The van der Waals surface area contributed by atoms with E-state index in [1.807, 2.05) is 41.5 Å². The predicted octanol–water partition coefficient (Wildman–Crippen LogP) is 6.53. The molecular formula is C40H53IO6S2. The Morgan fingerprint density at radius 2 is 0.653 bits per heavy atom. The van der Waals surface area contributed by atoms with Crippen molar-refractivity contribution in [1.82, 2.24) is 0 Å². The highest BCUT2D eigenvalue weighted by Crippen LogP contribution is 2.25. The fraction of sp³-hybridized carbons (Fsp3) is 0.400. The Morgan fingerprint density at radius 1 is 0.429 bits per heavy atom. The van der Waals surface area contributed by atoms with Crippen LogP contribution in [0.15, 0.2) is 107 Å². The van der Waals surface area contributed by atoms with Crippen LogP contribution in [0.2, 0.25) is 0 Å². The predicted molar refractivity (Wildman–Crippen MR) is 196 cm³/mol. The van der Waals surface area contributed by atoms with E-state index in [9.17, 15) is 21.4 Å². The highest BCUT2D eigenvalue weighted by molar-refractivity contribution is 7.86. The van der Waals surface area contributed by atoms with Gasteiger partial charge in [0.15, 0.2) is 7.14 Å². The molecular weight excluding hydrogens is 767 g/mol. The van der Waals surface area contributed by atoms with Gasteiger partial charge >= 0.3 is 21.2 Å². The minimum absolute atomic E-state index is 0.0161. The van der Waals surface area contributed by atoms with E-state index >= 15 is 0 Å². The van der Waals surface area contributed by atoms with E-state index in [4.69, 9.17) is 4.55 Å². The average molecular weight is 821 g/mol. The Bertz CT molecular complexity index is 1710. The van der Waals surface area contributed by atoms with Crippen LogP contribution >= 0.6 is 0 Å². The van der Waals surface area contributed by atoms with Gasteiger partial charge in [-0.05, 0) is 92.4 Å². The van der Waals surface area contributed by atoms with Gasteiger partial charge in [0.25, 0.3) is 10.1 Å². The largest absolute Gasteiger partial charge is 0.744 e. The summed E-state index contributed by atoms with van der Waals surface area (Å²) in [6.07, 6.45) is 0. The SMILES string of the molecule is CC(C)(C)c1ccc(S(=O)(=O)O)cc1.CC(C)(C)c1ccc(S(=O)(=O)[O-])cc1.CC(C)(C)c1ccc([I+]c2ccc(C(C)(C)C)cc2)cc1. The molecule has 0 aliphatic rings. The number of rotatable bonds is 4. The molecule has 0 unspecified atom stereocenters. The van der Waals surface area contributed by atoms with Crippen molar-refractivity contribution in [2.75, 3.05) is 0 Å². The Morgan fingerprint density at radius 3 is 0.857 bits per heavy atom. The fourth-order valence-electron chi connectivity index (χ4n) is 4.40. The van der Waals surface area contributed by atoms with Crippen molar-refractivity contribution < 1.29 is 47.1 Å². The van der Waals surface area contributed by atoms with Crippen LogP contribution < -0.4 is 21.2 Å². The van der Waals surface area contributed by atoms with E-state index < -0.39 is 20.2 Å². The summed E-state index contributed by atoms with van der Waals surface area (Å²) in [4.78, 5) is -0.240. The summed E-state index contributed by atoms with van der Waals surface area (Å²) in [5.41, 5.74) is 5.30. The summed E-state index contributed by atoms with van der Waals surface area (Å²) < 4.78 is 65.2. The van der Waals surface area contributed by atoms with E-state index in [1.165, 1.54) is 42.5 Å². The Labute approximate surface area is 306 Å². The van der Waals surface area contributed by atoms with Crippen molar-refractivity contribution in [3.63, 3.8) is 0 Å². The van der Waals surface area contributed by atoms with Crippen LogP contribution in [0, 0.1) is 7.14 Å². The third kappa shape index (κ3) is 14.3. The molecule has 4 aromatic rings. The van der Waals surface area contributed by atoms with E-state index in [2.05, 4.69) is 90.1 Å². The van der Waals surface area contributed by atoms with Gasteiger partial charge < -0.3 is 4.55 Å². The first-order valence-electron chi connectivity index (χ1n) is 16.1. The molecule has 0 heterocycles. The number of hydrogen-bond donors (Lipinski definition) is 1. The van der Waals surface area contributed by atoms with Crippen molar-refractivity contribution in [3.8, 4) is 0 Å². The second-order valence-corrected chi connectivity index (χ2v) is 21.9. The van der Waals surface area contributed by atoms with Gasteiger partial charge in [-0.25, -0.2) is 8.42 Å². The fourth-order valence-corrected chi connectivity index (χ4v) is 7.51. The zero-order chi connectivity index (χ0) is 37.6. The van der Waals surface area contributed by atoms with Crippen LogP contribution in [-0.2, 0) is 41.9 Å². The van der Waals surface area contributed by atoms with Crippen molar-refractivity contribution in [2.24, 2.45) is 0 Å². The summed E-state index contributed by atoms with van der Waals surface area (Å²) in [6, 6.07) is 30.7. The highest BCUT2D eigenvalue weighted by Gasteiger charge is 2.20. The van der Waals surface area contributed by atoms with Crippen molar-refractivity contribution in [2.45, 2.75) is 115 Å². The smallest absolute Gasteiger partial charge is 0.357 e. The third-order valence-electron chi connectivity index (χ3n) is 7.67. The van der Waals surface area contributed by atoms with Crippen LogP contribution in [0.25, 0.3) is 0 Å². The first-order valence-corrected chi connectivity index (χ1v) is 21.1. The molecule has 4 aromatic carbocycles. The quantitative estimate of drug-likeness (QED) is 0.185. The molecule has 9 heteroatoms. The zero-order valence-electron chi connectivity index (χ0n) is 30.9. The molecule has 0 aliphatic heterocycles. The molecule has 0 aromatic heterocycles. The van der Waals surface area contributed by atoms with Crippen LogP contribution in [0.3, 0.4) is 0 Å². The monoisotopic (exact) mass is 820 g/mol. The van der Waals surface area contributed by atoms with Crippen LogP contribution in [0.1, 0.15) is 105 Å². The average Bonchev–Trinajstić information content (AvgIpc) is 2.96. The summed E-state index contributed by atoms with van der Waals surface area (Å²) in [5, 5.41) is 0. The summed E-state index contributed by atoms with van der Waals surface area (Å²) in [6.45, 7) is 25.8. The molecule has 0 amide bonds. The minimum Gasteiger partial charge on any atom is -0.744 e. The first kappa shape index (κ1) is 42.6. The highest BCUT2D eigenvalue weighted by atomic mass is 127. The van der Waals surface area contributed by atoms with E-state index in [-0.39, 0.29) is 52.7 Å². The zero-order valence-corrected chi connectivity index (χ0v) is 34.7. The molecule has 0 fully saturated rings. The molecule has 0 spiro atoms. The maximum atomic E-state index is 10.7. The van der Waals surface area contributed by atoms with Crippen molar-refractivity contribution in [3.05, 3.63) is 126 Å². The Hall–Kier alpha value is -2.57. The molecule has 0 saturated heterocycles. The summed E-state index contributed by atoms with van der Waals surface area (Å²) in [7, 11) is -8.38. The van der Waals surface area contributed by atoms with Gasteiger partial charge in [0.05, 0.1) is 9.79 Å². The second kappa shape index (κ2) is 16.2. The lowest BCUT2D eigenvalue weighted by Crippen LogP contribution is -3.61. The van der Waals surface area contributed by atoms with Crippen molar-refractivity contribution in [1.29, 1.82) is 0 Å². The van der Waals surface area contributed by atoms with E-state index in [1.54, 1.807) is 24.3 Å². The standard InChI is InChI=1S/C20H26I.2C10H14O3S/c1-19(2,3)15-7-11-17(12-8-15)21-18-13-9-16(10-14-18)20(4,5)6;2*1-10(2,3)8-4-6-9(7-5-8)14(11,12)13/h7-14H,1-6H3;2*4-7H,1-3H3,(H,11,12,13)/q+1;;/p-1. The first-order chi connectivity index (χ1) is 22.1. The summed E-state index contributed by atoms with van der Waals surface area (Å²) in [5.74, 6) is 0.